The highest BCUT2D eigenvalue weighted by molar-refractivity contribution is 7.23. The fourth-order valence-corrected chi connectivity index (χ4v) is 4.62. The normalized spacial score (nSPS) is 10.8. The van der Waals surface area contributed by atoms with E-state index < -0.39 is 0 Å². The SMILES string of the molecule is COc1cc(C(=O)N(Cc2ccco2)c2nc3c(OC)ccc(Cl)c3s2)cc(OC)c1OC. The molecule has 0 aliphatic carbocycles. The Morgan fingerprint density at radius 3 is 2.30 bits per heavy atom. The number of hydrogen-bond donors (Lipinski definition) is 0. The number of furan rings is 1. The Morgan fingerprint density at radius 2 is 1.73 bits per heavy atom. The Balaban J connectivity index is 1.84. The predicted molar refractivity (Wildman–Crippen MR) is 127 cm³/mol. The molecule has 10 heteroatoms. The molecule has 0 unspecified atom stereocenters. The summed E-state index contributed by atoms with van der Waals surface area (Å²) in [5.41, 5.74) is 0.903. The van der Waals surface area contributed by atoms with Crippen molar-refractivity contribution in [2.24, 2.45) is 0 Å². The highest BCUT2D eigenvalue weighted by atomic mass is 35.5. The van der Waals surface area contributed by atoms with Gasteiger partial charge in [0.2, 0.25) is 5.75 Å². The number of nitrogens with zero attached hydrogens (tertiary/aromatic N) is 2. The molecule has 4 rings (SSSR count). The largest absolute Gasteiger partial charge is 0.494 e. The summed E-state index contributed by atoms with van der Waals surface area (Å²) >= 11 is 7.69. The quantitative estimate of drug-likeness (QED) is 0.327. The molecule has 0 saturated heterocycles. The molecule has 4 aromatic rings. The number of carbonyl (C=O) groups is 1. The van der Waals surface area contributed by atoms with Crippen molar-refractivity contribution < 1.29 is 28.2 Å². The van der Waals surface area contributed by atoms with Gasteiger partial charge in [0, 0.05) is 5.56 Å². The second kappa shape index (κ2) is 9.60. The molecule has 0 aliphatic heterocycles. The molecule has 0 bridgehead atoms. The van der Waals surface area contributed by atoms with Crippen molar-refractivity contribution in [3.63, 3.8) is 0 Å². The number of fused-ring (bicyclic) bond motifs is 1. The first kappa shape index (κ1) is 22.8. The van der Waals surface area contributed by atoms with Gasteiger partial charge in [-0.25, -0.2) is 4.98 Å². The molecule has 0 atom stereocenters. The molecule has 2 heterocycles. The molecule has 8 nitrogen and oxygen atoms in total. The number of hydrogen-bond acceptors (Lipinski definition) is 8. The van der Waals surface area contributed by atoms with E-state index in [1.54, 1.807) is 49.8 Å². The number of benzene rings is 2. The van der Waals surface area contributed by atoms with Gasteiger partial charge in [0.1, 0.15) is 17.0 Å². The van der Waals surface area contributed by atoms with Gasteiger partial charge in [-0.05, 0) is 36.4 Å². The number of rotatable bonds is 8. The fraction of sp³-hybridized carbons (Fsp3) is 0.217. The summed E-state index contributed by atoms with van der Waals surface area (Å²) in [6, 6.07) is 10.2. The van der Waals surface area contributed by atoms with Gasteiger partial charge in [-0.2, -0.15) is 0 Å². The zero-order valence-corrected chi connectivity index (χ0v) is 20.0. The van der Waals surface area contributed by atoms with E-state index in [0.717, 1.165) is 0 Å². The van der Waals surface area contributed by atoms with Crippen molar-refractivity contribution in [1.29, 1.82) is 0 Å². The third kappa shape index (κ3) is 4.29. The standard InChI is InChI=1S/C23H21ClN2O6S/c1-28-16-8-7-15(24)21-19(16)25-23(33-21)26(12-14-6-5-9-32-14)22(27)13-10-17(29-2)20(31-4)18(11-13)30-3/h5-11H,12H2,1-4H3. The van der Waals surface area contributed by atoms with Crippen LogP contribution in [0.2, 0.25) is 5.02 Å². The van der Waals surface area contributed by atoms with Crippen LogP contribution in [-0.2, 0) is 6.54 Å². The van der Waals surface area contributed by atoms with E-state index in [1.165, 1.54) is 37.6 Å². The van der Waals surface area contributed by atoms with E-state index in [2.05, 4.69) is 4.98 Å². The minimum absolute atomic E-state index is 0.155. The Labute approximate surface area is 199 Å². The first-order chi connectivity index (χ1) is 16.0. The van der Waals surface area contributed by atoms with E-state index in [0.29, 0.717) is 54.7 Å². The summed E-state index contributed by atoms with van der Waals surface area (Å²) in [4.78, 5) is 19.9. The third-order valence-electron chi connectivity index (χ3n) is 4.95. The van der Waals surface area contributed by atoms with E-state index in [1.807, 2.05) is 0 Å². The van der Waals surface area contributed by atoms with Gasteiger partial charge in [-0.1, -0.05) is 22.9 Å². The molecule has 0 spiro atoms. The highest BCUT2D eigenvalue weighted by Crippen LogP contribution is 2.41. The molecule has 0 N–H and O–H groups in total. The summed E-state index contributed by atoms with van der Waals surface area (Å²) < 4.78 is 27.8. The number of halogens is 1. The van der Waals surface area contributed by atoms with E-state index in [9.17, 15) is 4.79 Å². The van der Waals surface area contributed by atoms with Gasteiger partial charge < -0.3 is 23.4 Å². The maximum Gasteiger partial charge on any atom is 0.260 e. The summed E-state index contributed by atoms with van der Waals surface area (Å²) in [6.45, 7) is 0.155. The number of methoxy groups -OCH3 is 4. The van der Waals surface area contributed by atoms with E-state index >= 15 is 0 Å². The van der Waals surface area contributed by atoms with Crippen molar-refractivity contribution in [2.75, 3.05) is 33.3 Å². The number of ether oxygens (including phenoxy) is 4. The zero-order valence-electron chi connectivity index (χ0n) is 18.4. The molecule has 2 aromatic carbocycles. The first-order valence-corrected chi connectivity index (χ1v) is 11.0. The molecule has 1 amide bonds. The van der Waals surface area contributed by atoms with Gasteiger partial charge in [0.15, 0.2) is 16.6 Å². The minimum atomic E-state index is -0.334. The van der Waals surface area contributed by atoms with Crippen LogP contribution in [-0.4, -0.2) is 39.3 Å². The molecular weight excluding hydrogens is 468 g/mol. The van der Waals surface area contributed by atoms with Crippen molar-refractivity contribution in [3.05, 3.63) is 59.0 Å². The van der Waals surface area contributed by atoms with Gasteiger partial charge in [-0.15, -0.1) is 0 Å². The lowest BCUT2D eigenvalue weighted by molar-refractivity contribution is 0.0982. The monoisotopic (exact) mass is 488 g/mol. The van der Waals surface area contributed by atoms with Crippen LogP contribution >= 0.6 is 22.9 Å². The zero-order chi connectivity index (χ0) is 23.5. The summed E-state index contributed by atoms with van der Waals surface area (Å²) in [5, 5.41) is 0.958. The van der Waals surface area contributed by atoms with Gasteiger partial charge >= 0.3 is 0 Å². The van der Waals surface area contributed by atoms with Crippen LogP contribution in [0, 0.1) is 0 Å². The number of amides is 1. The number of anilines is 1. The molecule has 0 saturated carbocycles. The molecule has 33 heavy (non-hydrogen) atoms. The van der Waals surface area contributed by atoms with Gasteiger partial charge in [0.05, 0.1) is 51.0 Å². The number of aromatic nitrogens is 1. The van der Waals surface area contributed by atoms with E-state index in [4.69, 9.17) is 35.0 Å². The van der Waals surface area contributed by atoms with Crippen LogP contribution in [0.5, 0.6) is 23.0 Å². The Hall–Kier alpha value is -3.43. The predicted octanol–water partition coefficient (Wildman–Crippen LogP) is 5.42. The van der Waals surface area contributed by atoms with Crippen LogP contribution < -0.4 is 23.8 Å². The van der Waals surface area contributed by atoms with Crippen LogP contribution in [0.15, 0.2) is 47.1 Å². The highest BCUT2D eigenvalue weighted by Gasteiger charge is 2.26. The third-order valence-corrected chi connectivity index (χ3v) is 6.49. The topological polar surface area (TPSA) is 83.3 Å². The Morgan fingerprint density at radius 1 is 1.03 bits per heavy atom. The van der Waals surface area contributed by atoms with Crippen molar-refractivity contribution in [2.45, 2.75) is 6.54 Å². The van der Waals surface area contributed by atoms with Crippen molar-refractivity contribution in [1.82, 2.24) is 4.98 Å². The Bertz CT molecular complexity index is 1260. The smallest absolute Gasteiger partial charge is 0.260 e. The minimum Gasteiger partial charge on any atom is -0.494 e. The lowest BCUT2D eigenvalue weighted by Crippen LogP contribution is -2.30. The van der Waals surface area contributed by atoms with Crippen LogP contribution in [0.4, 0.5) is 5.13 Å². The van der Waals surface area contributed by atoms with Crippen LogP contribution in [0.1, 0.15) is 16.1 Å². The second-order valence-electron chi connectivity index (χ2n) is 6.81. The molecular formula is C23H21ClN2O6S. The molecule has 0 fully saturated rings. The lowest BCUT2D eigenvalue weighted by Gasteiger charge is -2.20. The fourth-order valence-electron chi connectivity index (χ4n) is 3.37. The van der Waals surface area contributed by atoms with E-state index in [-0.39, 0.29) is 12.5 Å². The lowest BCUT2D eigenvalue weighted by atomic mass is 10.1. The molecule has 172 valence electrons. The van der Waals surface area contributed by atoms with Crippen molar-refractivity contribution >= 4 is 44.2 Å². The van der Waals surface area contributed by atoms with Crippen molar-refractivity contribution in [3.8, 4) is 23.0 Å². The van der Waals surface area contributed by atoms with Gasteiger partial charge in [-0.3, -0.25) is 9.69 Å². The number of carbonyl (C=O) groups excluding carboxylic acids is 1. The number of thiazole rings is 1. The maximum absolute atomic E-state index is 13.8. The summed E-state index contributed by atoms with van der Waals surface area (Å²) in [7, 11) is 6.05. The van der Waals surface area contributed by atoms with Crippen LogP contribution in [0.25, 0.3) is 10.2 Å². The average molecular weight is 489 g/mol. The molecule has 0 radical (unpaired) electrons. The maximum atomic E-state index is 13.8. The van der Waals surface area contributed by atoms with Crippen LogP contribution in [0.3, 0.4) is 0 Å². The van der Waals surface area contributed by atoms with Gasteiger partial charge in [0.25, 0.3) is 5.91 Å². The molecule has 2 aromatic heterocycles. The Kier molecular flexibility index (Phi) is 6.62. The summed E-state index contributed by atoms with van der Waals surface area (Å²) in [6.07, 6.45) is 1.55. The summed E-state index contributed by atoms with van der Waals surface area (Å²) in [5.74, 6) is 1.95. The molecule has 0 aliphatic rings. The average Bonchev–Trinajstić information content (AvgIpc) is 3.52. The first-order valence-electron chi connectivity index (χ1n) is 9.78. The second-order valence-corrected chi connectivity index (χ2v) is 8.19.